The number of nitrogens with one attached hydrogen (secondary N) is 1. The molecule has 0 aliphatic carbocycles. The number of benzene rings is 1. The molecule has 1 aromatic heterocycles. The van der Waals surface area contributed by atoms with Crippen LogP contribution in [0.1, 0.15) is 15.9 Å². The molecule has 84 valence electrons. The van der Waals surface area contributed by atoms with Gasteiger partial charge in [0, 0.05) is 6.20 Å². The predicted octanol–water partition coefficient (Wildman–Crippen LogP) is 2.75. The van der Waals surface area contributed by atoms with Gasteiger partial charge in [-0.2, -0.15) is 0 Å². The van der Waals surface area contributed by atoms with Crippen LogP contribution in [0.2, 0.25) is 0 Å². The van der Waals surface area contributed by atoms with Crippen molar-refractivity contribution in [3.8, 4) is 11.5 Å². The summed E-state index contributed by atoms with van der Waals surface area (Å²) in [4.78, 5) is 16.0. The Bertz CT molecular complexity index is 608. The standard InChI is InChI=1S/C13H10N2O2/c1-8-2-3-9-11(6-8)17-12-7-14-5-4-10(12)15-13(9)16/h2-7H,1H3,(H,15,16). The molecule has 1 aliphatic rings. The number of aromatic nitrogens is 1. The summed E-state index contributed by atoms with van der Waals surface area (Å²) >= 11 is 0. The number of fused-ring (bicyclic) bond motifs is 2. The second-order valence-corrected chi connectivity index (χ2v) is 3.93. The lowest BCUT2D eigenvalue weighted by atomic mass is 10.1. The summed E-state index contributed by atoms with van der Waals surface area (Å²) in [5, 5.41) is 2.79. The second-order valence-electron chi connectivity index (χ2n) is 3.93. The van der Waals surface area contributed by atoms with E-state index < -0.39 is 0 Å². The Hall–Kier alpha value is -2.36. The zero-order chi connectivity index (χ0) is 11.8. The van der Waals surface area contributed by atoms with Crippen molar-refractivity contribution in [2.24, 2.45) is 0 Å². The summed E-state index contributed by atoms with van der Waals surface area (Å²) in [5.41, 5.74) is 2.22. The van der Waals surface area contributed by atoms with Crippen molar-refractivity contribution in [3.63, 3.8) is 0 Å². The minimum Gasteiger partial charge on any atom is -0.453 e. The average Bonchev–Trinajstić information content (AvgIpc) is 2.44. The van der Waals surface area contributed by atoms with Crippen LogP contribution >= 0.6 is 0 Å². The van der Waals surface area contributed by atoms with Gasteiger partial charge in [0.1, 0.15) is 5.75 Å². The van der Waals surface area contributed by atoms with E-state index in [1.54, 1.807) is 24.5 Å². The summed E-state index contributed by atoms with van der Waals surface area (Å²) < 4.78 is 5.71. The molecule has 1 N–H and O–H groups in total. The van der Waals surface area contributed by atoms with E-state index in [0.717, 1.165) is 5.56 Å². The summed E-state index contributed by atoms with van der Waals surface area (Å²) in [6.45, 7) is 1.95. The maximum absolute atomic E-state index is 12.0. The predicted molar refractivity (Wildman–Crippen MR) is 63.4 cm³/mol. The number of pyridine rings is 1. The van der Waals surface area contributed by atoms with E-state index in [1.165, 1.54) is 0 Å². The lowest BCUT2D eigenvalue weighted by Crippen LogP contribution is -2.10. The maximum atomic E-state index is 12.0. The second kappa shape index (κ2) is 3.59. The Kier molecular flexibility index (Phi) is 2.08. The SMILES string of the molecule is Cc1ccc2c(c1)Oc1cnccc1NC2=O. The quantitative estimate of drug-likeness (QED) is 0.751. The van der Waals surface area contributed by atoms with Crippen LogP contribution in [0.3, 0.4) is 0 Å². The molecule has 0 fully saturated rings. The molecule has 0 radical (unpaired) electrons. The van der Waals surface area contributed by atoms with Crippen molar-refractivity contribution in [3.05, 3.63) is 47.8 Å². The number of anilines is 1. The number of hydrogen-bond donors (Lipinski definition) is 1. The van der Waals surface area contributed by atoms with Crippen molar-refractivity contribution < 1.29 is 9.53 Å². The number of aryl methyl sites for hydroxylation is 1. The highest BCUT2D eigenvalue weighted by atomic mass is 16.5. The lowest BCUT2D eigenvalue weighted by molar-refractivity contribution is 0.102. The Morgan fingerprint density at radius 3 is 3.00 bits per heavy atom. The summed E-state index contributed by atoms with van der Waals surface area (Å²) in [6.07, 6.45) is 3.21. The Labute approximate surface area is 98.3 Å². The van der Waals surface area contributed by atoms with Gasteiger partial charge in [-0.3, -0.25) is 9.78 Å². The smallest absolute Gasteiger partial charge is 0.259 e. The largest absolute Gasteiger partial charge is 0.453 e. The van der Waals surface area contributed by atoms with Gasteiger partial charge in [-0.25, -0.2) is 0 Å². The van der Waals surface area contributed by atoms with Crippen LogP contribution in [-0.4, -0.2) is 10.9 Å². The Morgan fingerprint density at radius 2 is 2.12 bits per heavy atom. The minimum atomic E-state index is -0.162. The minimum absolute atomic E-state index is 0.162. The number of carbonyl (C=O) groups excluding carboxylic acids is 1. The van der Waals surface area contributed by atoms with Gasteiger partial charge in [-0.15, -0.1) is 0 Å². The normalized spacial score (nSPS) is 12.9. The maximum Gasteiger partial charge on any atom is 0.259 e. The van der Waals surface area contributed by atoms with Gasteiger partial charge in [-0.1, -0.05) is 6.07 Å². The zero-order valence-electron chi connectivity index (χ0n) is 9.23. The first-order valence-electron chi connectivity index (χ1n) is 5.28. The van der Waals surface area contributed by atoms with Crippen molar-refractivity contribution in [2.75, 3.05) is 5.32 Å². The van der Waals surface area contributed by atoms with Crippen molar-refractivity contribution >= 4 is 11.6 Å². The molecule has 1 amide bonds. The average molecular weight is 226 g/mol. The van der Waals surface area contributed by atoms with E-state index in [9.17, 15) is 4.79 Å². The molecular formula is C13H10N2O2. The van der Waals surface area contributed by atoms with Gasteiger partial charge >= 0.3 is 0 Å². The molecular weight excluding hydrogens is 216 g/mol. The monoisotopic (exact) mass is 226 g/mol. The molecule has 0 saturated carbocycles. The number of amides is 1. The first-order chi connectivity index (χ1) is 8.24. The molecule has 0 unspecified atom stereocenters. The molecule has 0 saturated heterocycles. The third kappa shape index (κ3) is 1.63. The fourth-order valence-electron chi connectivity index (χ4n) is 1.77. The fourth-order valence-corrected chi connectivity index (χ4v) is 1.77. The van der Waals surface area contributed by atoms with Gasteiger partial charge in [0.05, 0.1) is 17.4 Å². The fraction of sp³-hybridized carbons (Fsp3) is 0.0769. The molecule has 1 aliphatic heterocycles. The molecule has 4 nitrogen and oxygen atoms in total. The molecule has 0 atom stereocenters. The number of rotatable bonds is 0. The van der Waals surface area contributed by atoms with Crippen LogP contribution in [0.5, 0.6) is 11.5 Å². The molecule has 2 aromatic rings. The number of hydrogen-bond acceptors (Lipinski definition) is 3. The zero-order valence-corrected chi connectivity index (χ0v) is 9.23. The lowest BCUT2D eigenvalue weighted by Gasteiger charge is -2.06. The molecule has 0 bridgehead atoms. The molecule has 2 heterocycles. The number of ether oxygens (including phenoxy) is 1. The summed E-state index contributed by atoms with van der Waals surface area (Å²) in [7, 11) is 0. The van der Waals surface area contributed by atoms with Crippen molar-refractivity contribution in [2.45, 2.75) is 6.92 Å². The highest BCUT2D eigenvalue weighted by molar-refractivity contribution is 6.07. The Morgan fingerprint density at radius 1 is 1.24 bits per heavy atom. The summed E-state index contributed by atoms with van der Waals surface area (Å²) in [5.74, 6) is 0.962. The Balaban J connectivity index is 2.18. The van der Waals surface area contributed by atoms with E-state index in [0.29, 0.717) is 22.7 Å². The van der Waals surface area contributed by atoms with Crippen LogP contribution in [0.4, 0.5) is 5.69 Å². The third-order valence-electron chi connectivity index (χ3n) is 2.63. The van der Waals surface area contributed by atoms with E-state index in [-0.39, 0.29) is 5.91 Å². The van der Waals surface area contributed by atoms with E-state index in [1.807, 2.05) is 19.1 Å². The van der Waals surface area contributed by atoms with Crippen molar-refractivity contribution in [1.29, 1.82) is 0 Å². The van der Waals surface area contributed by atoms with Crippen LogP contribution in [-0.2, 0) is 0 Å². The van der Waals surface area contributed by atoms with Crippen LogP contribution < -0.4 is 10.1 Å². The number of nitrogens with zero attached hydrogens (tertiary/aromatic N) is 1. The highest BCUT2D eigenvalue weighted by Gasteiger charge is 2.20. The third-order valence-corrected chi connectivity index (χ3v) is 2.63. The van der Waals surface area contributed by atoms with Crippen LogP contribution in [0.15, 0.2) is 36.7 Å². The molecule has 17 heavy (non-hydrogen) atoms. The van der Waals surface area contributed by atoms with Crippen LogP contribution in [0.25, 0.3) is 0 Å². The van der Waals surface area contributed by atoms with E-state index in [2.05, 4.69) is 10.3 Å². The summed E-state index contributed by atoms with van der Waals surface area (Å²) in [6, 6.07) is 7.21. The van der Waals surface area contributed by atoms with Gasteiger partial charge in [-0.05, 0) is 30.7 Å². The van der Waals surface area contributed by atoms with Gasteiger partial charge in [0.15, 0.2) is 5.75 Å². The first kappa shape index (κ1) is 9.84. The molecule has 1 aromatic carbocycles. The van der Waals surface area contributed by atoms with Gasteiger partial charge < -0.3 is 10.1 Å². The van der Waals surface area contributed by atoms with Crippen LogP contribution in [0, 0.1) is 6.92 Å². The van der Waals surface area contributed by atoms with Gasteiger partial charge in [0.2, 0.25) is 0 Å². The molecule has 4 heteroatoms. The first-order valence-corrected chi connectivity index (χ1v) is 5.28. The van der Waals surface area contributed by atoms with Gasteiger partial charge in [0.25, 0.3) is 5.91 Å². The highest BCUT2D eigenvalue weighted by Crippen LogP contribution is 2.34. The van der Waals surface area contributed by atoms with E-state index >= 15 is 0 Å². The molecule has 0 spiro atoms. The number of carbonyl (C=O) groups is 1. The topological polar surface area (TPSA) is 51.2 Å². The van der Waals surface area contributed by atoms with Crippen molar-refractivity contribution in [1.82, 2.24) is 4.98 Å². The molecule has 3 rings (SSSR count). The van der Waals surface area contributed by atoms with E-state index in [4.69, 9.17) is 4.74 Å².